The molecule has 1 aromatic carbocycles. The second kappa shape index (κ2) is 4.04. The predicted molar refractivity (Wildman–Crippen MR) is 59.7 cm³/mol. The van der Waals surface area contributed by atoms with Crippen LogP contribution in [0.5, 0.6) is 0 Å². The molecule has 2 rings (SSSR count). The van der Waals surface area contributed by atoms with E-state index in [0.29, 0.717) is 5.76 Å². The molecule has 3 heteroatoms. The minimum Gasteiger partial charge on any atom is -0.458 e. The molecule has 0 bridgehead atoms. The fourth-order valence-corrected chi connectivity index (χ4v) is 1.55. The molecule has 2 atom stereocenters. The molecule has 0 amide bonds. The number of fused-ring (bicyclic) bond motifs is 1. The van der Waals surface area contributed by atoms with Crippen LogP contribution in [0.2, 0.25) is 0 Å². The van der Waals surface area contributed by atoms with Crippen molar-refractivity contribution in [2.24, 2.45) is 0 Å². The van der Waals surface area contributed by atoms with Gasteiger partial charge in [0.05, 0.1) is 0 Å². The molecule has 0 aliphatic rings. The highest BCUT2D eigenvalue weighted by atomic mass is 16.4. The van der Waals surface area contributed by atoms with Crippen molar-refractivity contribution in [2.75, 3.05) is 7.05 Å². The second-order valence-corrected chi connectivity index (χ2v) is 3.71. The van der Waals surface area contributed by atoms with Gasteiger partial charge in [0.15, 0.2) is 0 Å². The Kier molecular flexibility index (Phi) is 2.75. The van der Waals surface area contributed by atoms with E-state index in [1.807, 2.05) is 44.3 Å². The molecule has 0 saturated carbocycles. The Hall–Kier alpha value is -1.32. The first-order chi connectivity index (χ1) is 7.22. The summed E-state index contributed by atoms with van der Waals surface area (Å²) in [5.74, 6) is 0.609. The smallest absolute Gasteiger partial charge is 0.135 e. The van der Waals surface area contributed by atoms with Crippen LogP contribution in [0.3, 0.4) is 0 Å². The summed E-state index contributed by atoms with van der Waals surface area (Å²) in [5, 5.41) is 14.0. The third-order valence-electron chi connectivity index (χ3n) is 2.67. The molecule has 0 saturated heterocycles. The molecular formula is C12H15NO2. The number of rotatable bonds is 3. The maximum Gasteiger partial charge on any atom is 0.135 e. The number of hydrogen-bond donors (Lipinski definition) is 2. The van der Waals surface area contributed by atoms with Crippen LogP contribution in [0.1, 0.15) is 18.8 Å². The molecule has 1 unspecified atom stereocenters. The van der Waals surface area contributed by atoms with E-state index in [4.69, 9.17) is 4.42 Å². The van der Waals surface area contributed by atoms with Crippen LogP contribution < -0.4 is 5.32 Å². The third kappa shape index (κ3) is 1.89. The Labute approximate surface area is 88.7 Å². The molecule has 0 spiro atoms. The molecule has 2 aromatic rings. The predicted octanol–water partition coefficient (Wildman–Crippen LogP) is 2.07. The van der Waals surface area contributed by atoms with E-state index in [2.05, 4.69) is 5.32 Å². The Balaban J connectivity index is 2.36. The van der Waals surface area contributed by atoms with Crippen LogP contribution in [0.15, 0.2) is 34.7 Å². The van der Waals surface area contributed by atoms with Gasteiger partial charge in [-0.1, -0.05) is 18.2 Å². The number of para-hydroxylation sites is 1. The van der Waals surface area contributed by atoms with E-state index < -0.39 is 6.10 Å². The Morgan fingerprint density at radius 2 is 2.07 bits per heavy atom. The summed E-state index contributed by atoms with van der Waals surface area (Å²) in [7, 11) is 1.82. The van der Waals surface area contributed by atoms with Gasteiger partial charge < -0.3 is 14.8 Å². The van der Waals surface area contributed by atoms with Gasteiger partial charge in [0.25, 0.3) is 0 Å². The van der Waals surface area contributed by atoms with Crippen LogP contribution in [0.4, 0.5) is 0 Å². The Morgan fingerprint density at radius 3 is 2.73 bits per heavy atom. The van der Waals surface area contributed by atoms with Gasteiger partial charge in [0, 0.05) is 11.4 Å². The van der Waals surface area contributed by atoms with Crippen molar-refractivity contribution in [3.8, 4) is 0 Å². The lowest BCUT2D eigenvalue weighted by Gasteiger charge is -2.15. The minimum absolute atomic E-state index is 0.0226. The molecule has 0 aliphatic carbocycles. The number of benzene rings is 1. The standard InChI is InChI=1S/C12H15NO2/c1-8(13-2)12(14)11-7-9-5-3-4-6-10(9)15-11/h3-8,12-14H,1-2H3/t8-,12?/m1/s1. The lowest BCUT2D eigenvalue weighted by atomic mass is 10.1. The molecular weight excluding hydrogens is 190 g/mol. The monoisotopic (exact) mass is 205 g/mol. The summed E-state index contributed by atoms with van der Waals surface area (Å²) in [4.78, 5) is 0. The van der Waals surface area contributed by atoms with Crippen molar-refractivity contribution in [1.29, 1.82) is 0 Å². The highest BCUT2D eigenvalue weighted by molar-refractivity contribution is 5.77. The van der Waals surface area contributed by atoms with Crippen molar-refractivity contribution >= 4 is 11.0 Å². The van der Waals surface area contributed by atoms with E-state index in [9.17, 15) is 5.11 Å². The first-order valence-corrected chi connectivity index (χ1v) is 5.06. The van der Waals surface area contributed by atoms with Crippen molar-refractivity contribution < 1.29 is 9.52 Å². The van der Waals surface area contributed by atoms with Gasteiger partial charge in [-0.2, -0.15) is 0 Å². The molecule has 0 radical (unpaired) electrons. The maximum absolute atomic E-state index is 9.93. The van der Waals surface area contributed by atoms with E-state index in [1.54, 1.807) is 0 Å². The summed E-state index contributed by atoms with van der Waals surface area (Å²) in [6.45, 7) is 1.91. The van der Waals surface area contributed by atoms with Gasteiger partial charge in [-0.05, 0) is 26.1 Å². The molecule has 3 nitrogen and oxygen atoms in total. The van der Waals surface area contributed by atoms with E-state index in [0.717, 1.165) is 11.0 Å². The summed E-state index contributed by atoms with van der Waals surface area (Å²) in [6, 6.07) is 9.60. The zero-order valence-corrected chi connectivity index (χ0v) is 8.90. The Morgan fingerprint density at radius 1 is 1.33 bits per heavy atom. The van der Waals surface area contributed by atoms with Crippen LogP contribution in [-0.4, -0.2) is 18.2 Å². The zero-order valence-electron chi connectivity index (χ0n) is 8.90. The molecule has 0 fully saturated rings. The van der Waals surface area contributed by atoms with Gasteiger partial charge in [0.1, 0.15) is 17.4 Å². The number of likely N-dealkylation sites (N-methyl/N-ethyl adjacent to an activating group) is 1. The number of furan rings is 1. The van der Waals surface area contributed by atoms with Crippen molar-refractivity contribution in [3.63, 3.8) is 0 Å². The lowest BCUT2D eigenvalue weighted by Crippen LogP contribution is -2.28. The quantitative estimate of drug-likeness (QED) is 0.806. The number of aliphatic hydroxyl groups excluding tert-OH is 1. The van der Waals surface area contributed by atoms with E-state index >= 15 is 0 Å². The molecule has 0 aliphatic heterocycles. The van der Waals surface area contributed by atoms with Crippen LogP contribution in [0.25, 0.3) is 11.0 Å². The number of hydrogen-bond acceptors (Lipinski definition) is 3. The van der Waals surface area contributed by atoms with Crippen LogP contribution in [0, 0.1) is 0 Å². The molecule has 15 heavy (non-hydrogen) atoms. The van der Waals surface area contributed by atoms with Gasteiger partial charge in [0.2, 0.25) is 0 Å². The number of aliphatic hydroxyl groups is 1. The first kappa shape index (κ1) is 10.2. The fraction of sp³-hybridized carbons (Fsp3) is 0.333. The molecule has 80 valence electrons. The topological polar surface area (TPSA) is 45.4 Å². The highest BCUT2D eigenvalue weighted by Gasteiger charge is 2.18. The normalized spacial score (nSPS) is 15.4. The third-order valence-corrected chi connectivity index (χ3v) is 2.67. The van der Waals surface area contributed by atoms with E-state index in [1.165, 1.54) is 0 Å². The average molecular weight is 205 g/mol. The van der Waals surface area contributed by atoms with Gasteiger partial charge in [-0.25, -0.2) is 0 Å². The molecule has 1 heterocycles. The summed E-state index contributed by atoms with van der Waals surface area (Å²) in [5.41, 5.74) is 0.815. The molecule has 1 aromatic heterocycles. The maximum atomic E-state index is 9.93. The zero-order chi connectivity index (χ0) is 10.8. The number of nitrogens with one attached hydrogen (secondary N) is 1. The van der Waals surface area contributed by atoms with Crippen LogP contribution in [-0.2, 0) is 0 Å². The highest BCUT2D eigenvalue weighted by Crippen LogP contribution is 2.25. The largest absolute Gasteiger partial charge is 0.458 e. The summed E-state index contributed by atoms with van der Waals surface area (Å²) < 4.78 is 5.56. The average Bonchev–Trinajstić information content (AvgIpc) is 2.70. The van der Waals surface area contributed by atoms with Gasteiger partial charge >= 0.3 is 0 Å². The van der Waals surface area contributed by atoms with E-state index in [-0.39, 0.29) is 6.04 Å². The molecule has 2 N–H and O–H groups in total. The van der Waals surface area contributed by atoms with Crippen molar-refractivity contribution in [1.82, 2.24) is 5.32 Å². The van der Waals surface area contributed by atoms with Crippen LogP contribution >= 0.6 is 0 Å². The fourth-order valence-electron chi connectivity index (χ4n) is 1.55. The summed E-state index contributed by atoms with van der Waals surface area (Å²) >= 11 is 0. The van der Waals surface area contributed by atoms with Crippen molar-refractivity contribution in [2.45, 2.75) is 19.1 Å². The lowest BCUT2D eigenvalue weighted by molar-refractivity contribution is 0.117. The second-order valence-electron chi connectivity index (χ2n) is 3.71. The minimum atomic E-state index is -0.609. The summed E-state index contributed by atoms with van der Waals surface area (Å²) in [6.07, 6.45) is -0.609. The van der Waals surface area contributed by atoms with Gasteiger partial charge in [-0.15, -0.1) is 0 Å². The van der Waals surface area contributed by atoms with Gasteiger partial charge in [-0.3, -0.25) is 0 Å². The first-order valence-electron chi connectivity index (χ1n) is 5.06. The SMILES string of the molecule is CN[C@H](C)C(O)c1cc2ccccc2o1. The Bertz CT molecular complexity index is 417. The van der Waals surface area contributed by atoms with Crippen molar-refractivity contribution in [3.05, 3.63) is 36.1 Å².